The van der Waals surface area contributed by atoms with E-state index in [1.165, 1.54) is 16.4 Å². The molecule has 186 valence electrons. The molecule has 2 fully saturated rings. The summed E-state index contributed by atoms with van der Waals surface area (Å²) in [6.45, 7) is 2.81. The number of fused-ring (bicyclic) bond motifs is 1. The molecule has 0 saturated carbocycles. The van der Waals surface area contributed by atoms with Crippen molar-refractivity contribution in [3.8, 4) is 11.5 Å². The van der Waals surface area contributed by atoms with Crippen LogP contribution in [-0.2, 0) is 14.8 Å². The summed E-state index contributed by atoms with van der Waals surface area (Å²) in [4.78, 5) is 29.5. The number of sulfonamides is 1. The maximum atomic E-state index is 13.0. The Kier molecular flexibility index (Phi) is 6.66. The lowest BCUT2D eigenvalue weighted by Crippen LogP contribution is -2.55. The van der Waals surface area contributed by atoms with Crippen LogP contribution in [0.5, 0.6) is 11.5 Å². The van der Waals surface area contributed by atoms with Crippen molar-refractivity contribution in [1.29, 1.82) is 0 Å². The van der Waals surface area contributed by atoms with Crippen molar-refractivity contribution in [2.45, 2.75) is 30.3 Å². The van der Waals surface area contributed by atoms with Gasteiger partial charge in [-0.05, 0) is 49.2 Å². The fourth-order valence-corrected chi connectivity index (χ4v) is 6.20. The van der Waals surface area contributed by atoms with E-state index in [1.54, 1.807) is 34.1 Å². The molecule has 10 heteroatoms. The average molecular weight is 500 g/mol. The standard InChI is InChI=1S/C25H29N3O6S/c29-24(19-8-10-20(11-9-19)35(31,32)28-12-4-1-5-13-28)26-14-16-27(17-15-26)25(30)23-18-33-21-6-2-3-7-22(21)34-23/h2-3,6-11,23H,1,4-5,12-18H2/t23-/m1/s1. The van der Waals surface area contributed by atoms with Crippen molar-refractivity contribution in [3.63, 3.8) is 0 Å². The highest BCUT2D eigenvalue weighted by atomic mass is 32.2. The normalized spacial score (nSPS) is 21.0. The van der Waals surface area contributed by atoms with Crippen LogP contribution in [0, 0.1) is 0 Å². The third-order valence-corrected chi connectivity index (χ3v) is 8.63. The molecule has 0 aliphatic carbocycles. The number of piperidine rings is 1. The Morgan fingerprint density at radius 2 is 1.40 bits per heavy atom. The van der Waals surface area contributed by atoms with Gasteiger partial charge in [0.25, 0.3) is 11.8 Å². The second-order valence-electron chi connectivity index (χ2n) is 8.97. The van der Waals surface area contributed by atoms with Gasteiger partial charge in [0.1, 0.15) is 6.61 Å². The lowest BCUT2D eigenvalue weighted by molar-refractivity contribution is -0.142. The van der Waals surface area contributed by atoms with Gasteiger partial charge in [-0.25, -0.2) is 8.42 Å². The Hall–Kier alpha value is -3.11. The number of rotatable bonds is 4. The largest absolute Gasteiger partial charge is 0.485 e. The first-order valence-electron chi connectivity index (χ1n) is 12.0. The van der Waals surface area contributed by atoms with Gasteiger partial charge in [-0.15, -0.1) is 0 Å². The second-order valence-corrected chi connectivity index (χ2v) is 10.9. The van der Waals surface area contributed by atoms with Gasteiger partial charge in [0.15, 0.2) is 11.5 Å². The molecule has 3 aliphatic rings. The smallest absolute Gasteiger partial charge is 0.267 e. The lowest BCUT2D eigenvalue weighted by Gasteiger charge is -2.37. The Bertz CT molecular complexity index is 1190. The van der Waals surface area contributed by atoms with Crippen LogP contribution in [0.2, 0.25) is 0 Å². The molecule has 2 saturated heterocycles. The Morgan fingerprint density at radius 1 is 0.771 bits per heavy atom. The Balaban J connectivity index is 1.17. The molecule has 3 aliphatic heterocycles. The molecular weight excluding hydrogens is 470 g/mol. The zero-order chi connectivity index (χ0) is 24.4. The number of hydrogen-bond donors (Lipinski definition) is 0. The number of carbonyl (C=O) groups excluding carboxylic acids is 2. The van der Waals surface area contributed by atoms with Crippen LogP contribution in [0.1, 0.15) is 29.6 Å². The second kappa shape index (κ2) is 9.87. The van der Waals surface area contributed by atoms with E-state index in [4.69, 9.17) is 9.47 Å². The van der Waals surface area contributed by atoms with Crippen molar-refractivity contribution >= 4 is 21.8 Å². The lowest BCUT2D eigenvalue weighted by atomic mass is 10.1. The first kappa shape index (κ1) is 23.6. The molecule has 2 amide bonds. The van der Waals surface area contributed by atoms with Gasteiger partial charge in [0, 0.05) is 44.8 Å². The van der Waals surface area contributed by atoms with Crippen molar-refractivity contribution in [3.05, 3.63) is 54.1 Å². The maximum Gasteiger partial charge on any atom is 0.267 e. The van der Waals surface area contributed by atoms with Crippen molar-refractivity contribution in [1.82, 2.24) is 14.1 Å². The van der Waals surface area contributed by atoms with E-state index in [0.29, 0.717) is 56.3 Å². The van der Waals surface area contributed by atoms with Gasteiger partial charge in [0.05, 0.1) is 4.90 Å². The Labute approximate surface area is 205 Å². The van der Waals surface area contributed by atoms with Crippen LogP contribution >= 0.6 is 0 Å². The minimum absolute atomic E-state index is 0.154. The number of amides is 2. The molecular formula is C25H29N3O6S. The summed E-state index contributed by atoms with van der Waals surface area (Å²) in [6, 6.07) is 13.4. The molecule has 35 heavy (non-hydrogen) atoms. The van der Waals surface area contributed by atoms with Crippen LogP contribution < -0.4 is 9.47 Å². The first-order valence-corrected chi connectivity index (χ1v) is 13.4. The molecule has 9 nitrogen and oxygen atoms in total. The van der Waals surface area contributed by atoms with E-state index < -0.39 is 16.1 Å². The van der Waals surface area contributed by atoms with E-state index in [9.17, 15) is 18.0 Å². The SMILES string of the molecule is O=C(c1ccc(S(=O)(=O)N2CCCCC2)cc1)N1CCN(C(=O)[C@H]2COc3ccccc3O2)CC1. The molecule has 3 heterocycles. The van der Waals surface area contributed by atoms with Gasteiger partial charge < -0.3 is 19.3 Å². The van der Waals surface area contributed by atoms with Crippen molar-refractivity contribution < 1.29 is 27.5 Å². The van der Waals surface area contributed by atoms with E-state index >= 15 is 0 Å². The fourth-order valence-electron chi connectivity index (χ4n) is 4.68. The molecule has 0 unspecified atom stereocenters. The van der Waals surface area contributed by atoms with E-state index in [2.05, 4.69) is 0 Å². The Morgan fingerprint density at radius 3 is 2.09 bits per heavy atom. The highest BCUT2D eigenvalue weighted by Crippen LogP contribution is 2.31. The number of para-hydroxylation sites is 2. The van der Waals surface area contributed by atoms with Crippen molar-refractivity contribution in [2.24, 2.45) is 0 Å². The van der Waals surface area contributed by atoms with Crippen LogP contribution in [-0.4, -0.2) is 86.3 Å². The summed E-state index contributed by atoms with van der Waals surface area (Å²) in [5.41, 5.74) is 0.433. The minimum Gasteiger partial charge on any atom is -0.485 e. The molecule has 2 aromatic carbocycles. The van der Waals surface area contributed by atoms with Gasteiger partial charge >= 0.3 is 0 Å². The predicted octanol–water partition coefficient (Wildman–Crippen LogP) is 1.99. The van der Waals surface area contributed by atoms with Gasteiger partial charge in [0.2, 0.25) is 16.1 Å². The molecule has 0 aromatic heterocycles. The summed E-state index contributed by atoms with van der Waals surface area (Å²) in [6.07, 6.45) is 2.09. The van der Waals surface area contributed by atoms with E-state index in [-0.39, 0.29) is 23.3 Å². The first-order chi connectivity index (χ1) is 16.9. The summed E-state index contributed by atoms with van der Waals surface area (Å²) >= 11 is 0. The molecule has 0 bridgehead atoms. The summed E-state index contributed by atoms with van der Waals surface area (Å²) in [5.74, 6) is 0.849. The van der Waals surface area contributed by atoms with Gasteiger partial charge in [-0.2, -0.15) is 4.31 Å². The highest BCUT2D eigenvalue weighted by molar-refractivity contribution is 7.89. The number of nitrogens with zero attached hydrogens (tertiary/aromatic N) is 3. The third kappa shape index (κ3) is 4.85. The highest BCUT2D eigenvalue weighted by Gasteiger charge is 2.34. The van der Waals surface area contributed by atoms with Gasteiger partial charge in [-0.1, -0.05) is 18.6 Å². The topological polar surface area (TPSA) is 96.5 Å². The molecule has 1 atom stereocenters. The zero-order valence-corrected chi connectivity index (χ0v) is 20.3. The molecule has 0 radical (unpaired) electrons. The molecule has 0 spiro atoms. The monoisotopic (exact) mass is 499 g/mol. The summed E-state index contributed by atoms with van der Waals surface area (Å²) in [7, 11) is -3.53. The fraction of sp³-hybridized carbons (Fsp3) is 0.440. The number of carbonyl (C=O) groups is 2. The van der Waals surface area contributed by atoms with E-state index in [1.807, 2.05) is 12.1 Å². The van der Waals surface area contributed by atoms with Crippen LogP contribution in [0.25, 0.3) is 0 Å². The number of piperazine rings is 1. The molecule has 0 N–H and O–H groups in total. The summed E-state index contributed by atoms with van der Waals surface area (Å²) in [5, 5.41) is 0. The van der Waals surface area contributed by atoms with E-state index in [0.717, 1.165) is 19.3 Å². The molecule has 5 rings (SSSR count). The molecule has 2 aromatic rings. The number of hydrogen-bond acceptors (Lipinski definition) is 6. The predicted molar refractivity (Wildman–Crippen MR) is 128 cm³/mol. The zero-order valence-electron chi connectivity index (χ0n) is 19.5. The summed E-state index contributed by atoms with van der Waals surface area (Å²) < 4.78 is 38.7. The number of benzene rings is 2. The van der Waals surface area contributed by atoms with Crippen LogP contribution in [0.4, 0.5) is 0 Å². The third-order valence-electron chi connectivity index (χ3n) is 6.72. The van der Waals surface area contributed by atoms with Crippen molar-refractivity contribution in [2.75, 3.05) is 45.9 Å². The minimum atomic E-state index is -3.53. The quantitative estimate of drug-likeness (QED) is 0.638. The van der Waals surface area contributed by atoms with Crippen LogP contribution in [0.15, 0.2) is 53.4 Å². The average Bonchev–Trinajstić information content (AvgIpc) is 2.92. The number of ether oxygens (including phenoxy) is 2. The maximum absolute atomic E-state index is 13.0. The van der Waals surface area contributed by atoms with Gasteiger partial charge in [-0.3, -0.25) is 9.59 Å². The van der Waals surface area contributed by atoms with Crippen LogP contribution in [0.3, 0.4) is 0 Å².